The lowest BCUT2D eigenvalue weighted by Crippen LogP contribution is -2.55. The molecule has 1 aromatic heterocycles. The molecule has 0 saturated carbocycles. The Balaban J connectivity index is 1.92. The van der Waals surface area contributed by atoms with Gasteiger partial charge < -0.3 is 10.6 Å². The van der Waals surface area contributed by atoms with Gasteiger partial charge in [-0.15, -0.1) is 0 Å². The van der Waals surface area contributed by atoms with Crippen LogP contribution in [0.1, 0.15) is 18.8 Å². The summed E-state index contributed by atoms with van der Waals surface area (Å²) in [7, 11) is 1.88. The van der Waals surface area contributed by atoms with Crippen molar-refractivity contribution in [1.82, 2.24) is 25.4 Å². The van der Waals surface area contributed by atoms with E-state index in [-0.39, 0.29) is 6.04 Å². The van der Waals surface area contributed by atoms with Gasteiger partial charge in [-0.25, -0.2) is 4.98 Å². The van der Waals surface area contributed by atoms with Gasteiger partial charge in [0.05, 0.1) is 6.04 Å². The molecule has 5 heteroatoms. The number of aromatic nitrogens is 3. The Labute approximate surface area is 77.5 Å². The molecule has 5 nitrogen and oxygen atoms in total. The molecule has 2 heterocycles. The van der Waals surface area contributed by atoms with Crippen molar-refractivity contribution in [3.63, 3.8) is 0 Å². The first kappa shape index (κ1) is 8.65. The molecule has 2 N–H and O–H groups in total. The zero-order valence-electron chi connectivity index (χ0n) is 7.99. The Kier molecular flexibility index (Phi) is 2.28. The zero-order chi connectivity index (χ0) is 9.26. The maximum Gasteiger partial charge on any atom is 0.167 e. The molecule has 1 unspecified atom stereocenters. The molecule has 1 aliphatic heterocycles. The lowest BCUT2D eigenvalue weighted by molar-refractivity contribution is 0.332. The molecule has 0 spiro atoms. The molecule has 0 amide bonds. The van der Waals surface area contributed by atoms with Crippen molar-refractivity contribution in [3.05, 3.63) is 12.2 Å². The van der Waals surface area contributed by atoms with Gasteiger partial charge in [-0.2, -0.15) is 5.10 Å². The third-order valence-electron chi connectivity index (χ3n) is 2.27. The van der Waals surface area contributed by atoms with E-state index < -0.39 is 0 Å². The highest BCUT2D eigenvalue weighted by Gasteiger charge is 2.20. The molecular formula is C8H15N5. The van der Waals surface area contributed by atoms with Crippen LogP contribution >= 0.6 is 0 Å². The van der Waals surface area contributed by atoms with Crippen LogP contribution in [0.3, 0.4) is 0 Å². The molecule has 1 saturated heterocycles. The molecule has 0 aromatic carbocycles. The van der Waals surface area contributed by atoms with Gasteiger partial charge in [-0.1, -0.05) is 0 Å². The number of hydrogen-bond donors (Lipinski definition) is 2. The van der Waals surface area contributed by atoms with Crippen molar-refractivity contribution < 1.29 is 0 Å². The van der Waals surface area contributed by atoms with Crippen molar-refractivity contribution >= 4 is 0 Å². The molecule has 0 radical (unpaired) electrons. The lowest BCUT2D eigenvalue weighted by Gasteiger charge is -2.30. The van der Waals surface area contributed by atoms with Gasteiger partial charge in [-0.3, -0.25) is 4.68 Å². The summed E-state index contributed by atoms with van der Waals surface area (Å²) in [6.07, 6.45) is 1.73. The van der Waals surface area contributed by atoms with E-state index in [1.165, 1.54) is 0 Å². The van der Waals surface area contributed by atoms with E-state index in [1.54, 1.807) is 11.0 Å². The fraction of sp³-hybridized carbons (Fsp3) is 0.750. The van der Waals surface area contributed by atoms with E-state index in [2.05, 4.69) is 27.6 Å². The van der Waals surface area contributed by atoms with Gasteiger partial charge in [0.2, 0.25) is 0 Å². The minimum Gasteiger partial charge on any atom is -0.314 e. The van der Waals surface area contributed by atoms with Crippen molar-refractivity contribution in [2.45, 2.75) is 19.0 Å². The summed E-state index contributed by atoms with van der Waals surface area (Å²) in [5.41, 5.74) is 0. The highest BCUT2D eigenvalue weighted by atomic mass is 15.3. The first-order valence-corrected chi connectivity index (χ1v) is 4.58. The fourth-order valence-corrected chi connectivity index (χ4v) is 1.39. The SMILES string of the molecule is CC(NC1CNC1)c1ncn(C)n1. The zero-order valence-corrected chi connectivity index (χ0v) is 7.99. The van der Waals surface area contributed by atoms with E-state index in [9.17, 15) is 0 Å². The predicted molar refractivity (Wildman–Crippen MR) is 49.2 cm³/mol. The van der Waals surface area contributed by atoms with E-state index in [0.717, 1.165) is 18.9 Å². The van der Waals surface area contributed by atoms with Crippen molar-refractivity contribution in [1.29, 1.82) is 0 Å². The first-order chi connectivity index (χ1) is 6.25. The lowest BCUT2D eigenvalue weighted by atomic mass is 10.1. The minimum absolute atomic E-state index is 0.244. The number of aryl methyl sites for hydroxylation is 1. The van der Waals surface area contributed by atoms with Crippen LogP contribution in [0.25, 0.3) is 0 Å². The van der Waals surface area contributed by atoms with Crippen molar-refractivity contribution in [3.8, 4) is 0 Å². The summed E-state index contributed by atoms with van der Waals surface area (Å²) in [4.78, 5) is 4.20. The highest BCUT2D eigenvalue weighted by molar-refractivity contribution is 4.93. The van der Waals surface area contributed by atoms with E-state index >= 15 is 0 Å². The van der Waals surface area contributed by atoms with Gasteiger partial charge >= 0.3 is 0 Å². The van der Waals surface area contributed by atoms with Crippen LogP contribution in [0, 0.1) is 0 Å². The Morgan fingerprint density at radius 1 is 1.69 bits per heavy atom. The number of nitrogens with zero attached hydrogens (tertiary/aromatic N) is 3. The Morgan fingerprint density at radius 3 is 2.92 bits per heavy atom. The van der Waals surface area contributed by atoms with Crippen LogP contribution < -0.4 is 10.6 Å². The molecule has 72 valence electrons. The highest BCUT2D eigenvalue weighted by Crippen LogP contribution is 2.07. The van der Waals surface area contributed by atoms with Crippen LogP contribution in [0.15, 0.2) is 6.33 Å². The summed E-state index contributed by atoms with van der Waals surface area (Å²) in [5, 5.41) is 10.9. The predicted octanol–water partition coefficient (Wildman–Crippen LogP) is -0.562. The third kappa shape index (κ3) is 1.87. The average molecular weight is 181 g/mol. The van der Waals surface area contributed by atoms with Gasteiger partial charge in [0.15, 0.2) is 5.82 Å². The topological polar surface area (TPSA) is 54.8 Å². The Bertz CT molecular complexity index is 278. The molecule has 0 bridgehead atoms. The molecule has 1 aromatic rings. The van der Waals surface area contributed by atoms with Crippen LogP contribution in [-0.4, -0.2) is 33.9 Å². The quantitative estimate of drug-likeness (QED) is 0.656. The van der Waals surface area contributed by atoms with Crippen LogP contribution in [0.5, 0.6) is 0 Å². The largest absolute Gasteiger partial charge is 0.314 e. The molecule has 1 aliphatic rings. The molecular weight excluding hydrogens is 166 g/mol. The normalized spacial score (nSPS) is 19.8. The maximum absolute atomic E-state index is 4.24. The monoisotopic (exact) mass is 181 g/mol. The summed E-state index contributed by atoms with van der Waals surface area (Å²) in [5.74, 6) is 0.870. The van der Waals surface area contributed by atoms with Crippen molar-refractivity contribution in [2.24, 2.45) is 7.05 Å². The smallest absolute Gasteiger partial charge is 0.167 e. The van der Waals surface area contributed by atoms with Crippen LogP contribution in [-0.2, 0) is 7.05 Å². The summed E-state index contributed by atoms with van der Waals surface area (Å²) >= 11 is 0. The molecule has 1 atom stereocenters. The molecule has 2 rings (SSSR count). The summed E-state index contributed by atoms with van der Waals surface area (Å²) in [6, 6.07) is 0.826. The van der Waals surface area contributed by atoms with Crippen LogP contribution in [0.4, 0.5) is 0 Å². The molecule has 1 fully saturated rings. The van der Waals surface area contributed by atoms with Crippen molar-refractivity contribution in [2.75, 3.05) is 13.1 Å². The Hall–Kier alpha value is -0.940. The second-order valence-corrected chi connectivity index (χ2v) is 3.52. The second-order valence-electron chi connectivity index (χ2n) is 3.52. The second kappa shape index (κ2) is 3.43. The maximum atomic E-state index is 4.24. The van der Waals surface area contributed by atoms with Crippen LogP contribution in [0.2, 0.25) is 0 Å². The standard InChI is InChI=1S/C8H15N5/c1-6(11-7-3-9-4-7)8-10-5-13(2)12-8/h5-7,9,11H,3-4H2,1-2H3. The fourth-order valence-electron chi connectivity index (χ4n) is 1.39. The minimum atomic E-state index is 0.244. The number of hydrogen-bond acceptors (Lipinski definition) is 4. The van der Waals surface area contributed by atoms with Gasteiger partial charge in [0.1, 0.15) is 6.33 Å². The first-order valence-electron chi connectivity index (χ1n) is 4.58. The Morgan fingerprint density at radius 2 is 2.46 bits per heavy atom. The van der Waals surface area contributed by atoms with E-state index in [0.29, 0.717) is 6.04 Å². The number of rotatable bonds is 3. The number of nitrogens with one attached hydrogen (secondary N) is 2. The van der Waals surface area contributed by atoms with Gasteiger partial charge in [-0.05, 0) is 6.92 Å². The van der Waals surface area contributed by atoms with E-state index in [1.807, 2.05) is 7.05 Å². The van der Waals surface area contributed by atoms with Gasteiger partial charge in [0.25, 0.3) is 0 Å². The average Bonchev–Trinajstić information content (AvgIpc) is 2.44. The summed E-state index contributed by atoms with van der Waals surface area (Å²) < 4.78 is 1.73. The molecule has 0 aliphatic carbocycles. The summed E-state index contributed by atoms with van der Waals surface area (Å²) in [6.45, 7) is 4.20. The van der Waals surface area contributed by atoms with Gasteiger partial charge in [0, 0.05) is 26.2 Å². The third-order valence-corrected chi connectivity index (χ3v) is 2.27. The van der Waals surface area contributed by atoms with E-state index in [4.69, 9.17) is 0 Å². The molecule has 13 heavy (non-hydrogen) atoms.